The molecule has 0 saturated carbocycles. The molecule has 0 aliphatic carbocycles. The Hall–Kier alpha value is -2.38. The predicted octanol–water partition coefficient (Wildman–Crippen LogP) is 5.28. The van der Waals surface area contributed by atoms with Crippen LogP contribution in [0.2, 0.25) is 0 Å². The molecule has 0 radical (unpaired) electrons. The van der Waals surface area contributed by atoms with E-state index in [4.69, 9.17) is 0 Å². The van der Waals surface area contributed by atoms with E-state index >= 15 is 0 Å². The standard InChI is InChI=1S/C24H28N2O3S/c1-3-26-22-15-8-7-14-21(22)24(2,17-11-19-30-29-28-27)23(26)16-9-10-18-25-20-12-5-4-6-13-20/h4-10,12-16,18,27H,3,11,17,19H2,1-2H3/p-1/b10-9+,23-16+,25-18?. The number of hydrogen-bond acceptors (Lipinski definition) is 6. The molecule has 1 atom stereocenters. The Bertz CT molecular complexity index is 898. The van der Waals surface area contributed by atoms with Crippen molar-refractivity contribution in [1.29, 1.82) is 0 Å². The Balaban J connectivity index is 1.80. The van der Waals surface area contributed by atoms with Gasteiger partial charge in [-0.05, 0) is 62.6 Å². The van der Waals surface area contributed by atoms with Crippen LogP contribution < -0.4 is 10.2 Å². The molecule has 1 aliphatic heterocycles. The van der Waals surface area contributed by atoms with Crippen molar-refractivity contribution in [3.63, 3.8) is 0 Å². The van der Waals surface area contributed by atoms with Crippen LogP contribution in [0.4, 0.5) is 11.4 Å². The van der Waals surface area contributed by atoms with E-state index in [1.54, 1.807) is 0 Å². The van der Waals surface area contributed by atoms with Crippen molar-refractivity contribution >= 4 is 29.6 Å². The summed E-state index contributed by atoms with van der Waals surface area (Å²) in [7, 11) is 0. The van der Waals surface area contributed by atoms with E-state index in [-0.39, 0.29) is 5.41 Å². The minimum Gasteiger partial charge on any atom is -0.691 e. The van der Waals surface area contributed by atoms with Crippen molar-refractivity contribution in [2.75, 3.05) is 17.2 Å². The van der Waals surface area contributed by atoms with Crippen LogP contribution >= 0.6 is 12.0 Å². The second-order valence-corrected chi connectivity index (χ2v) is 7.99. The largest absolute Gasteiger partial charge is 0.691 e. The van der Waals surface area contributed by atoms with Crippen molar-refractivity contribution in [1.82, 2.24) is 0 Å². The lowest BCUT2D eigenvalue weighted by atomic mass is 9.77. The molecule has 0 amide bonds. The maximum Gasteiger partial charge on any atom is 0.0629 e. The second-order valence-electron chi connectivity index (χ2n) is 7.21. The number of para-hydroxylation sites is 2. The van der Waals surface area contributed by atoms with Gasteiger partial charge in [-0.3, -0.25) is 10.0 Å². The minimum atomic E-state index is -0.119. The monoisotopic (exact) mass is 423 g/mol. The average Bonchev–Trinajstić information content (AvgIpc) is 3.02. The van der Waals surface area contributed by atoms with Crippen molar-refractivity contribution in [2.45, 2.75) is 32.1 Å². The quantitative estimate of drug-likeness (QED) is 0.171. The molecule has 3 rings (SSSR count). The van der Waals surface area contributed by atoms with Gasteiger partial charge in [0, 0.05) is 47.4 Å². The first-order valence-electron chi connectivity index (χ1n) is 10.1. The third-order valence-corrected chi connectivity index (χ3v) is 5.98. The normalized spacial score (nSPS) is 20.0. The van der Waals surface area contributed by atoms with Gasteiger partial charge < -0.3 is 10.2 Å². The van der Waals surface area contributed by atoms with E-state index in [1.807, 2.05) is 42.6 Å². The number of nitrogens with zero attached hydrogens (tertiary/aromatic N) is 2. The SMILES string of the molecule is CCN1/C(=C/C=C/C=Nc2ccccc2)C(C)(CCCSOO[O-])c2ccccc21. The van der Waals surface area contributed by atoms with Crippen LogP contribution in [0.5, 0.6) is 0 Å². The second kappa shape index (κ2) is 11.1. The van der Waals surface area contributed by atoms with E-state index in [0.29, 0.717) is 5.75 Å². The van der Waals surface area contributed by atoms with Crippen molar-refractivity contribution in [2.24, 2.45) is 4.99 Å². The molecule has 0 bridgehead atoms. The molecule has 2 aromatic carbocycles. The predicted molar refractivity (Wildman–Crippen MR) is 122 cm³/mol. The summed E-state index contributed by atoms with van der Waals surface area (Å²) in [6.45, 7) is 5.35. The number of hydrogen-bond donors (Lipinski definition) is 0. The highest BCUT2D eigenvalue weighted by Crippen LogP contribution is 2.50. The lowest BCUT2D eigenvalue weighted by Crippen LogP contribution is -2.28. The highest BCUT2D eigenvalue weighted by atomic mass is 32.2. The van der Waals surface area contributed by atoms with E-state index < -0.39 is 0 Å². The van der Waals surface area contributed by atoms with Gasteiger partial charge in [-0.2, -0.15) is 4.33 Å². The maximum atomic E-state index is 9.99. The van der Waals surface area contributed by atoms with Crippen molar-refractivity contribution < 1.29 is 14.6 Å². The van der Waals surface area contributed by atoms with Gasteiger partial charge in [0.15, 0.2) is 0 Å². The number of fused-ring (bicyclic) bond motifs is 1. The summed E-state index contributed by atoms with van der Waals surface area (Å²) in [6.07, 6.45) is 9.86. The molecule has 0 N–H and O–H groups in total. The van der Waals surface area contributed by atoms with E-state index in [2.05, 4.69) is 69.5 Å². The highest BCUT2D eigenvalue weighted by Gasteiger charge is 2.42. The molecule has 0 aromatic heterocycles. The van der Waals surface area contributed by atoms with Gasteiger partial charge in [0.25, 0.3) is 0 Å². The number of rotatable bonds is 10. The molecule has 0 fully saturated rings. The summed E-state index contributed by atoms with van der Waals surface area (Å²) in [5.74, 6) is 0.693. The van der Waals surface area contributed by atoms with E-state index in [1.165, 1.54) is 16.9 Å². The molecule has 6 heteroatoms. The van der Waals surface area contributed by atoms with Gasteiger partial charge in [0.05, 0.1) is 5.69 Å². The number of likely N-dealkylation sites (N-methyl/N-ethyl adjacent to an activating group) is 1. The van der Waals surface area contributed by atoms with Crippen LogP contribution in [0, 0.1) is 0 Å². The molecular weight excluding hydrogens is 396 g/mol. The van der Waals surface area contributed by atoms with Crippen LogP contribution in [0.1, 0.15) is 32.3 Å². The van der Waals surface area contributed by atoms with Gasteiger partial charge in [-0.25, -0.2) is 0 Å². The first-order chi connectivity index (χ1) is 14.7. The highest BCUT2D eigenvalue weighted by molar-refractivity contribution is 7.94. The molecular formula is C24H27N2O3S-. The number of aliphatic imine (C=N–C) groups is 1. The zero-order valence-corrected chi connectivity index (χ0v) is 18.2. The molecule has 2 aromatic rings. The Labute approximate surface area is 182 Å². The fourth-order valence-electron chi connectivity index (χ4n) is 4.00. The van der Waals surface area contributed by atoms with Crippen LogP contribution in [-0.2, 0) is 14.8 Å². The van der Waals surface area contributed by atoms with Gasteiger partial charge in [0.1, 0.15) is 0 Å². The molecule has 1 heterocycles. The van der Waals surface area contributed by atoms with Gasteiger partial charge >= 0.3 is 0 Å². The smallest absolute Gasteiger partial charge is 0.0629 e. The van der Waals surface area contributed by atoms with E-state index in [0.717, 1.165) is 37.1 Å². The molecule has 1 aliphatic rings. The third kappa shape index (κ3) is 5.21. The molecule has 158 valence electrons. The summed E-state index contributed by atoms with van der Waals surface area (Å²) in [5.41, 5.74) is 4.67. The summed E-state index contributed by atoms with van der Waals surface area (Å²) in [4.78, 5) is 6.83. The first kappa shape index (κ1) is 22.3. The van der Waals surface area contributed by atoms with Gasteiger partial charge in [0.2, 0.25) is 0 Å². The fourth-order valence-corrected chi connectivity index (χ4v) is 4.37. The molecule has 5 nitrogen and oxygen atoms in total. The molecule has 1 unspecified atom stereocenters. The fraction of sp³-hybridized carbons (Fsp3) is 0.292. The summed E-state index contributed by atoms with van der Waals surface area (Å²) >= 11 is 1.05. The summed E-state index contributed by atoms with van der Waals surface area (Å²) in [5, 5.41) is 13.4. The van der Waals surface area contributed by atoms with Crippen molar-refractivity contribution in [3.05, 3.63) is 84.1 Å². The summed E-state index contributed by atoms with van der Waals surface area (Å²) < 4.78 is 4.41. The minimum absolute atomic E-state index is 0.119. The van der Waals surface area contributed by atoms with Crippen LogP contribution in [0.25, 0.3) is 0 Å². The Kier molecular flexibility index (Phi) is 8.28. The molecule has 0 spiro atoms. The Morgan fingerprint density at radius 3 is 2.63 bits per heavy atom. The summed E-state index contributed by atoms with van der Waals surface area (Å²) in [6, 6.07) is 18.5. The van der Waals surface area contributed by atoms with Crippen LogP contribution in [0.3, 0.4) is 0 Å². The Morgan fingerprint density at radius 2 is 1.87 bits per heavy atom. The van der Waals surface area contributed by atoms with E-state index in [9.17, 15) is 5.26 Å². The number of allylic oxidation sites excluding steroid dienone is 4. The van der Waals surface area contributed by atoms with Crippen LogP contribution in [0.15, 0.2) is 83.5 Å². The number of anilines is 1. The lowest BCUT2D eigenvalue weighted by Gasteiger charge is -2.30. The lowest BCUT2D eigenvalue weighted by molar-refractivity contribution is -0.777. The van der Waals surface area contributed by atoms with Crippen molar-refractivity contribution in [3.8, 4) is 0 Å². The third-order valence-electron chi connectivity index (χ3n) is 5.37. The molecule has 30 heavy (non-hydrogen) atoms. The zero-order chi connectivity index (χ0) is 21.2. The zero-order valence-electron chi connectivity index (χ0n) is 17.4. The van der Waals surface area contributed by atoms with Crippen LogP contribution in [-0.4, -0.2) is 18.5 Å². The topological polar surface area (TPSA) is 57.1 Å². The Morgan fingerprint density at radius 1 is 1.10 bits per heavy atom. The maximum absolute atomic E-state index is 9.99. The molecule has 0 saturated heterocycles. The van der Waals surface area contributed by atoms with Gasteiger partial charge in [-0.15, -0.1) is 0 Å². The number of benzene rings is 2. The average molecular weight is 424 g/mol. The van der Waals surface area contributed by atoms with Gasteiger partial charge in [-0.1, -0.05) is 42.5 Å². The first-order valence-corrected chi connectivity index (χ1v) is 11.0.